The zero-order valence-corrected chi connectivity index (χ0v) is 19.0. The summed E-state index contributed by atoms with van der Waals surface area (Å²) in [7, 11) is 3.51. The summed E-state index contributed by atoms with van der Waals surface area (Å²) in [5, 5.41) is 6.95. The van der Waals surface area contributed by atoms with Crippen LogP contribution in [0.3, 0.4) is 0 Å². The molecular formula is C21H41N5O3. The molecule has 0 aromatic heterocycles. The van der Waals surface area contributed by atoms with Crippen molar-refractivity contribution in [3.05, 3.63) is 0 Å². The van der Waals surface area contributed by atoms with E-state index in [0.29, 0.717) is 5.96 Å². The monoisotopic (exact) mass is 411 g/mol. The van der Waals surface area contributed by atoms with Crippen LogP contribution in [-0.4, -0.2) is 100 Å². The van der Waals surface area contributed by atoms with Crippen molar-refractivity contribution in [3.63, 3.8) is 0 Å². The fourth-order valence-electron chi connectivity index (χ4n) is 3.55. The van der Waals surface area contributed by atoms with Gasteiger partial charge in [-0.1, -0.05) is 27.2 Å². The highest BCUT2D eigenvalue weighted by Crippen LogP contribution is 2.42. The molecule has 2 fully saturated rings. The second kappa shape index (κ2) is 11.7. The molecule has 1 heterocycles. The van der Waals surface area contributed by atoms with Gasteiger partial charge in [-0.3, -0.25) is 9.69 Å². The van der Waals surface area contributed by atoms with Crippen LogP contribution in [0.4, 0.5) is 0 Å². The lowest BCUT2D eigenvalue weighted by Gasteiger charge is -2.52. The highest BCUT2D eigenvalue weighted by atomic mass is 16.5. The van der Waals surface area contributed by atoms with Crippen LogP contribution in [0.5, 0.6) is 0 Å². The molecule has 2 N–H and O–H groups in total. The Balaban J connectivity index is 1.87. The number of nitrogens with zero attached hydrogens (tertiary/aromatic N) is 3. The molecule has 1 saturated heterocycles. The highest BCUT2D eigenvalue weighted by Gasteiger charge is 2.49. The standard InChI is InChI=1S/C21H41N5O3/c1-6-7-12-29-18-15-17(21(18,2)3)24-20(23-16-19(27)25(4)5)22-8-9-26-10-13-28-14-11-26/h17-18H,6-16H2,1-5H3,(H2,22,23,24). The molecule has 29 heavy (non-hydrogen) atoms. The van der Waals surface area contributed by atoms with Gasteiger partial charge in [-0.15, -0.1) is 0 Å². The minimum Gasteiger partial charge on any atom is -0.379 e. The Morgan fingerprint density at radius 2 is 2.03 bits per heavy atom. The number of guanidine groups is 1. The molecule has 0 aromatic rings. The van der Waals surface area contributed by atoms with Gasteiger partial charge in [0.25, 0.3) is 0 Å². The van der Waals surface area contributed by atoms with E-state index in [2.05, 4.69) is 41.3 Å². The van der Waals surface area contributed by atoms with Gasteiger partial charge in [0.2, 0.25) is 5.91 Å². The van der Waals surface area contributed by atoms with Crippen molar-refractivity contribution in [2.45, 2.75) is 52.2 Å². The third-order valence-corrected chi connectivity index (χ3v) is 6.00. The first-order valence-electron chi connectivity index (χ1n) is 11.0. The second-order valence-electron chi connectivity index (χ2n) is 8.80. The van der Waals surface area contributed by atoms with E-state index in [4.69, 9.17) is 9.47 Å². The number of carbonyl (C=O) groups excluding carboxylic acids is 1. The van der Waals surface area contributed by atoms with Crippen LogP contribution in [0.2, 0.25) is 0 Å². The fraction of sp³-hybridized carbons (Fsp3) is 0.905. The van der Waals surface area contributed by atoms with Crippen LogP contribution < -0.4 is 10.6 Å². The smallest absolute Gasteiger partial charge is 0.243 e. The normalized spacial score (nSPS) is 24.7. The molecule has 1 saturated carbocycles. The van der Waals surface area contributed by atoms with E-state index < -0.39 is 0 Å². The summed E-state index contributed by atoms with van der Waals surface area (Å²) in [6.07, 6.45) is 3.48. The largest absolute Gasteiger partial charge is 0.379 e. The van der Waals surface area contributed by atoms with Crippen molar-refractivity contribution in [3.8, 4) is 0 Å². The first kappa shape index (κ1) is 23.9. The van der Waals surface area contributed by atoms with Gasteiger partial charge in [0.05, 0.1) is 19.3 Å². The van der Waals surface area contributed by atoms with E-state index in [0.717, 1.165) is 65.3 Å². The summed E-state index contributed by atoms with van der Waals surface area (Å²) >= 11 is 0. The van der Waals surface area contributed by atoms with Gasteiger partial charge in [-0.05, 0) is 12.8 Å². The number of hydrogen-bond donors (Lipinski definition) is 2. The van der Waals surface area contributed by atoms with Crippen LogP contribution >= 0.6 is 0 Å². The number of rotatable bonds is 10. The molecule has 1 aliphatic heterocycles. The van der Waals surface area contributed by atoms with Gasteiger partial charge in [0.1, 0.15) is 6.54 Å². The second-order valence-corrected chi connectivity index (χ2v) is 8.80. The number of carbonyl (C=O) groups is 1. The van der Waals surface area contributed by atoms with E-state index in [1.807, 2.05) is 0 Å². The number of nitrogens with one attached hydrogen (secondary N) is 2. The van der Waals surface area contributed by atoms with Crippen molar-refractivity contribution in [2.75, 3.05) is 66.6 Å². The number of morpholine rings is 1. The third kappa shape index (κ3) is 7.42. The topological polar surface area (TPSA) is 78.4 Å². The zero-order chi connectivity index (χ0) is 21.3. The van der Waals surface area contributed by atoms with E-state index in [1.54, 1.807) is 19.0 Å². The van der Waals surface area contributed by atoms with Gasteiger partial charge in [0.15, 0.2) is 5.96 Å². The Kier molecular flexibility index (Phi) is 9.65. The van der Waals surface area contributed by atoms with Crippen molar-refractivity contribution in [1.82, 2.24) is 20.4 Å². The number of amides is 1. The first-order valence-corrected chi connectivity index (χ1v) is 11.0. The van der Waals surface area contributed by atoms with Crippen LogP contribution in [0.25, 0.3) is 0 Å². The minimum absolute atomic E-state index is 0.00655. The summed E-state index contributed by atoms with van der Waals surface area (Å²) < 4.78 is 11.5. The van der Waals surface area contributed by atoms with Crippen molar-refractivity contribution >= 4 is 11.9 Å². The molecule has 8 heteroatoms. The van der Waals surface area contributed by atoms with Crippen LogP contribution in [0.1, 0.15) is 40.0 Å². The Bertz CT molecular complexity index is 532. The molecular weight excluding hydrogens is 370 g/mol. The van der Waals surface area contributed by atoms with E-state index in [-0.39, 0.29) is 30.0 Å². The van der Waals surface area contributed by atoms with Crippen molar-refractivity contribution < 1.29 is 14.3 Å². The third-order valence-electron chi connectivity index (χ3n) is 6.00. The Hall–Kier alpha value is -1.38. The van der Waals surface area contributed by atoms with Crippen LogP contribution in [0.15, 0.2) is 4.99 Å². The maximum atomic E-state index is 12.0. The highest BCUT2D eigenvalue weighted by molar-refractivity contribution is 5.85. The summed E-state index contributed by atoms with van der Waals surface area (Å²) in [5.74, 6) is 0.700. The Morgan fingerprint density at radius 1 is 1.31 bits per heavy atom. The molecule has 0 spiro atoms. The number of aliphatic imine (C=N–C) groups is 1. The predicted octanol–water partition coefficient (Wildman–Crippen LogP) is 0.926. The molecule has 168 valence electrons. The van der Waals surface area contributed by atoms with Gasteiger partial charge in [-0.2, -0.15) is 0 Å². The lowest BCUT2D eigenvalue weighted by Crippen LogP contribution is -2.63. The molecule has 2 aliphatic rings. The maximum absolute atomic E-state index is 12.0. The summed E-state index contributed by atoms with van der Waals surface area (Å²) in [6.45, 7) is 12.9. The SMILES string of the molecule is CCCCOC1CC(NC(=NCC(=O)N(C)C)NCCN2CCOCC2)C1(C)C. The number of hydrogen-bond acceptors (Lipinski definition) is 5. The summed E-state index contributed by atoms with van der Waals surface area (Å²) in [5.41, 5.74) is 0.0337. The lowest BCUT2D eigenvalue weighted by atomic mass is 9.64. The van der Waals surface area contributed by atoms with E-state index >= 15 is 0 Å². The first-order chi connectivity index (χ1) is 13.8. The number of unbranched alkanes of at least 4 members (excludes halogenated alkanes) is 1. The average molecular weight is 412 g/mol. The zero-order valence-electron chi connectivity index (χ0n) is 19.0. The Labute approximate surface area is 176 Å². The molecule has 0 aromatic carbocycles. The Morgan fingerprint density at radius 3 is 2.66 bits per heavy atom. The van der Waals surface area contributed by atoms with E-state index in [9.17, 15) is 4.79 Å². The van der Waals surface area contributed by atoms with Gasteiger partial charge in [-0.25, -0.2) is 4.99 Å². The predicted molar refractivity (Wildman–Crippen MR) is 116 cm³/mol. The quantitative estimate of drug-likeness (QED) is 0.316. The number of likely N-dealkylation sites (N-methyl/N-ethyl adjacent to an activating group) is 1. The molecule has 8 nitrogen and oxygen atoms in total. The molecule has 0 radical (unpaired) electrons. The molecule has 1 amide bonds. The van der Waals surface area contributed by atoms with Gasteiger partial charge < -0.3 is 25.0 Å². The summed E-state index contributed by atoms with van der Waals surface area (Å²) in [4.78, 5) is 20.5. The molecule has 1 aliphatic carbocycles. The fourth-order valence-corrected chi connectivity index (χ4v) is 3.55. The average Bonchev–Trinajstić information content (AvgIpc) is 2.70. The molecule has 2 unspecified atom stereocenters. The van der Waals surface area contributed by atoms with Crippen LogP contribution in [-0.2, 0) is 14.3 Å². The van der Waals surface area contributed by atoms with Crippen molar-refractivity contribution in [2.24, 2.45) is 10.4 Å². The molecule has 2 rings (SSSR count). The van der Waals surface area contributed by atoms with E-state index in [1.165, 1.54) is 0 Å². The van der Waals surface area contributed by atoms with Crippen LogP contribution in [0, 0.1) is 5.41 Å². The van der Waals surface area contributed by atoms with Gasteiger partial charge >= 0.3 is 0 Å². The maximum Gasteiger partial charge on any atom is 0.243 e. The van der Waals surface area contributed by atoms with Gasteiger partial charge in [0, 0.05) is 58.3 Å². The number of ether oxygens (including phenoxy) is 2. The molecule has 0 bridgehead atoms. The minimum atomic E-state index is -0.00655. The molecule has 2 atom stereocenters. The lowest BCUT2D eigenvalue weighted by molar-refractivity contribution is -0.127. The van der Waals surface area contributed by atoms with Crippen molar-refractivity contribution in [1.29, 1.82) is 0 Å². The summed E-state index contributed by atoms with van der Waals surface area (Å²) in [6, 6.07) is 0.276.